The fraction of sp³-hybridized carbons (Fsp3) is 0.417. The Morgan fingerprint density at radius 1 is 1.41 bits per heavy atom. The van der Waals surface area contributed by atoms with Crippen LogP contribution in [-0.2, 0) is 9.47 Å². The zero-order valence-corrected chi connectivity index (χ0v) is 11.5. The third-order valence-corrected chi connectivity index (χ3v) is 3.43. The lowest BCUT2D eigenvalue weighted by Crippen LogP contribution is -2.39. The Balaban J connectivity index is 1.87. The highest BCUT2D eigenvalue weighted by Crippen LogP contribution is 2.11. The molecule has 1 fully saturated rings. The summed E-state index contributed by atoms with van der Waals surface area (Å²) in [6.45, 7) is 2.28. The molecule has 0 radical (unpaired) electrons. The van der Waals surface area contributed by atoms with Crippen molar-refractivity contribution in [1.82, 2.24) is 5.32 Å². The van der Waals surface area contributed by atoms with Crippen LogP contribution in [0.25, 0.3) is 0 Å². The molecule has 4 nitrogen and oxygen atoms in total. The van der Waals surface area contributed by atoms with Crippen LogP contribution >= 0.6 is 22.6 Å². The molecule has 1 aromatic rings. The van der Waals surface area contributed by atoms with Gasteiger partial charge in [-0.25, -0.2) is 0 Å². The van der Waals surface area contributed by atoms with Gasteiger partial charge in [-0.05, 0) is 34.7 Å². The van der Waals surface area contributed by atoms with Crippen molar-refractivity contribution in [2.45, 2.75) is 6.10 Å². The first kappa shape index (κ1) is 12.8. The van der Waals surface area contributed by atoms with E-state index < -0.39 is 0 Å². The van der Waals surface area contributed by atoms with Gasteiger partial charge in [0.25, 0.3) is 5.91 Å². The van der Waals surface area contributed by atoms with E-state index in [4.69, 9.17) is 9.47 Å². The first-order valence-corrected chi connectivity index (χ1v) is 6.57. The molecule has 17 heavy (non-hydrogen) atoms. The average Bonchev–Trinajstić information content (AvgIpc) is 2.38. The number of carbonyl (C=O) groups is 1. The van der Waals surface area contributed by atoms with Crippen LogP contribution in [0.5, 0.6) is 0 Å². The van der Waals surface area contributed by atoms with Crippen molar-refractivity contribution in [2.75, 3.05) is 26.4 Å². The Bertz CT molecular complexity index is 391. The average molecular weight is 347 g/mol. The van der Waals surface area contributed by atoms with Gasteiger partial charge in [-0.3, -0.25) is 4.79 Å². The quantitative estimate of drug-likeness (QED) is 0.842. The minimum Gasteiger partial charge on any atom is -0.376 e. The topological polar surface area (TPSA) is 47.6 Å². The van der Waals surface area contributed by atoms with Crippen LogP contribution in [0.4, 0.5) is 0 Å². The molecule has 0 saturated carbocycles. The molecule has 1 heterocycles. The highest BCUT2D eigenvalue weighted by atomic mass is 127. The molecule has 0 aromatic heterocycles. The van der Waals surface area contributed by atoms with Gasteiger partial charge >= 0.3 is 0 Å². The smallest absolute Gasteiger partial charge is 0.252 e. The Labute approximate surface area is 114 Å². The number of hydrogen-bond acceptors (Lipinski definition) is 3. The van der Waals surface area contributed by atoms with Gasteiger partial charge in [0, 0.05) is 10.1 Å². The molecule has 0 spiro atoms. The van der Waals surface area contributed by atoms with Gasteiger partial charge in [-0.2, -0.15) is 0 Å². The van der Waals surface area contributed by atoms with Crippen molar-refractivity contribution in [3.8, 4) is 0 Å². The molecule has 1 atom stereocenters. The molecule has 1 aliphatic heterocycles. The van der Waals surface area contributed by atoms with Crippen LogP contribution in [0, 0.1) is 3.57 Å². The second-order valence-electron chi connectivity index (χ2n) is 3.76. The summed E-state index contributed by atoms with van der Waals surface area (Å²) in [5.41, 5.74) is 0.699. The van der Waals surface area contributed by atoms with Crippen molar-refractivity contribution in [3.05, 3.63) is 33.4 Å². The summed E-state index contributed by atoms with van der Waals surface area (Å²) >= 11 is 2.15. The summed E-state index contributed by atoms with van der Waals surface area (Å²) in [5, 5.41) is 2.86. The number of nitrogens with one attached hydrogen (secondary N) is 1. The molecule has 92 valence electrons. The van der Waals surface area contributed by atoms with Gasteiger partial charge in [0.05, 0.1) is 31.5 Å². The van der Waals surface area contributed by atoms with Crippen LogP contribution in [0.15, 0.2) is 24.3 Å². The highest BCUT2D eigenvalue weighted by Gasteiger charge is 2.16. The second kappa shape index (κ2) is 6.32. The minimum atomic E-state index is -0.0656. The Morgan fingerprint density at radius 3 is 2.94 bits per heavy atom. The van der Waals surface area contributed by atoms with E-state index in [1.807, 2.05) is 24.3 Å². The number of rotatable bonds is 3. The minimum absolute atomic E-state index is 0.0333. The molecule has 1 saturated heterocycles. The summed E-state index contributed by atoms with van der Waals surface area (Å²) < 4.78 is 11.7. The fourth-order valence-corrected chi connectivity index (χ4v) is 2.23. The third-order valence-electron chi connectivity index (χ3n) is 2.49. The van der Waals surface area contributed by atoms with Crippen molar-refractivity contribution in [1.29, 1.82) is 0 Å². The molecule has 5 heteroatoms. The van der Waals surface area contributed by atoms with Crippen LogP contribution < -0.4 is 5.32 Å². The van der Waals surface area contributed by atoms with E-state index in [0.717, 1.165) is 3.57 Å². The molecule has 1 N–H and O–H groups in total. The summed E-state index contributed by atoms with van der Waals surface area (Å²) in [5.74, 6) is -0.0656. The van der Waals surface area contributed by atoms with Gasteiger partial charge in [-0.15, -0.1) is 0 Å². The number of halogens is 1. The maximum Gasteiger partial charge on any atom is 0.252 e. The molecule has 1 aromatic carbocycles. The number of carbonyl (C=O) groups excluding carboxylic acids is 1. The Kier molecular flexibility index (Phi) is 4.75. The van der Waals surface area contributed by atoms with Crippen molar-refractivity contribution in [3.63, 3.8) is 0 Å². The monoisotopic (exact) mass is 347 g/mol. The van der Waals surface area contributed by atoms with Crippen LogP contribution in [0.1, 0.15) is 10.4 Å². The zero-order valence-electron chi connectivity index (χ0n) is 9.32. The van der Waals surface area contributed by atoms with Gasteiger partial charge in [0.2, 0.25) is 0 Å². The summed E-state index contributed by atoms with van der Waals surface area (Å²) in [6.07, 6.45) is -0.0333. The molecular formula is C12H14INO3. The largest absolute Gasteiger partial charge is 0.376 e. The molecule has 2 rings (SSSR count). The molecule has 0 aliphatic carbocycles. The summed E-state index contributed by atoms with van der Waals surface area (Å²) in [7, 11) is 0. The van der Waals surface area contributed by atoms with Crippen molar-refractivity contribution in [2.24, 2.45) is 0 Å². The maximum atomic E-state index is 11.9. The molecule has 1 amide bonds. The van der Waals surface area contributed by atoms with Crippen molar-refractivity contribution >= 4 is 28.5 Å². The molecule has 1 aliphatic rings. The zero-order chi connectivity index (χ0) is 12.1. The fourth-order valence-electron chi connectivity index (χ4n) is 1.60. The van der Waals surface area contributed by atoms with E-state index in [1.165, 1.54) is 0 Å². The highest BCUT2D eigenvalue weighted by molar-refractivity contribution is 14.1. The first-order valence-electron chi connectivity index (χ1n) is 5.49. The third kappa shape index (κ3) is 3.65. The Hall–Kier alpha value is -0.660. The predicted molar refractivity (Wildman–Crippen MR) is 72.1 cm³/mol. The van der Waals surface area contributed by atoms with E-state index in [1.54, 1.807) is 0 Å². The van der Waals surface area contributed by atoms with Gasteiger partial charge in [-0.1, -0.05) is 12.1 Å². The lowest BCUT2D eigenvalue weighted by molar-refractivity contribution is -0.0855. The van der Waals surface area contributed by atoms with Gasteiger partial charge in [0.15, 0.2) is 0 Å². The van der Waals surface area contributed by atoms with E-state index in [0.29, 0.717) is 31.9 Å². The Morgan fingerprint density at radius 2 is 2.24 bits per heavy atom. The number of benzene rings is 1. The number of ether oxygens (including phenoxy) is 2. The second-order valence-corrected chi connectivity index (χ2v) is 4.92. The number of hydrogen-bond donors (Lipinski definition) is 1. The van der Waals surface area contributed by atoms with Crippen molar-refractivity contribution < 1.29 is 14.3 Å². The molecule has 1 unspecified atom stereocenters. The summed E-state index contributed by atoms with van der Waals surface area (Å²) in [6, 6.07) is 7.50. The molecular weight excluding hydrogens is 333 g/mol. The molecule has 0 bridgehead atoms. The normalized spacial score (nSPS) is 19.9. The van der Waals surface area contributed by atoms with E-state index in [2.05, 4.69) is 27.9 Å². The van der Waals surface area contributed by atoms with Crippen LogP contribution in [0.2, 0.25) is 0 Å². The summed E-state index contributed by atoms with van der Waals surface area (Å²) in [4.78, 5) is 11.9. The van der Waals surface area contributed by atoms with Gasteiger partial charge in [0.1, 0.15) is 0 Å². The first-order chi connectivity index (χ1) is 8.27. The lowest BCUT2D eigenvalue weighted by Gasteiger charge is -2.23. The maximum absolute atomic E-state index is 11.9. The number of amides is 1. The van der Waals surface area contributed by atoms with Crippen LogP contribution in [0.3, 0.4) is 0 Å². The standard InChI is InChI=1S/C12H14INO3/c13-11-4-2-1-3-10(11)12(15)14-7-9-8-16-5-6-17-9/h1-4,9H,5-8H2,(H,14,15). The van der Waals surface area contributed by atoms with Gasteiger partial charge < -0.3 is 14.8 Å². The lowest BCUT2D eigenvalue weighted by atomic mass is 10.2. The van der Waals surface area contributed by atoms with E-state index in [9.17, 15) is 4.79 Å². The van der Waals surface area contributed by atoms with E-state index >= 15 is 0 Å². The van der Waals surface area contributed by atoms with Crippen LogP contribution in [-0.4, -0.2) is 38.4 Å². The predicted octanol–water partition coefficient (Wildman–Crippen LogP) is 1.44. The SMILES string of the molecule is O=C(NCC1COCCO1)c1ccccc1I. The van der Waals surface area contributed by atoms with E-state index in [-0.39, 0.29) is 12.0 Å².